The lowest BCUT2D eigenvalue weighted by atomic mass is 10.1. The molecule has 2 heterocycles. The quantitative estimate of drug-likeness (QED) is 0.554. The van der Waals surface area contributed by atoms with Gasteiger partial charge in [0, 0.05) is 29.4 Å². The third-order valence-electron chi connectivity index (χ3n) is 5.27. The summed E-state index contributed by atoms with van der Waals surface area (Å²) in [5.41, 5.74) is 3.49. The molecule has 6 nitrogen and oxygen atoms in total. The number of hydrogen-bond donors (Lipinski definition) is 2. The summed E-state index contributed by atoms with van der Waals surface area (Å²) in [5.74, 6) is -0.582. The summed E-state index contributed by atoms with van der Waals surface area (Å²) in [6.45, 7) is 4.59. The van der Waals surface area contributed by atoms with Gasteiger partial charge in [0.1, 0.15) is 0 Å². The zero-order valence-corrected chi connectivity index (χ0v) is 19.3. The molecule has 0 radical (unpaired) electrons. The number of nitrogens with one attached hydrogen (secondary N) is 2. The molecule has 0 atom stereocenters. The van der Waals surface area contributed by atoms with E-state index in [1.165, 1.54) is 11.3 Å². The molecule has 32 heavy (non-hydrogen) atoms. The Morgan fingerprint density at radius 2 is 1.84 bits per heavy atom. The number of ether oxygens (including phenoxy) is 1. The Hall–Kier alpha value is -2.87. The molecule has 2 aromatic carbocycles. The van der Waals surface area contributed by atoms with Gasteiger partial charge in [0.05, 0.1) is 29.6 Å². The van der Waals surface area contributed by atoms with Crippen molar-refractivity contribution in [3.05, 3.63) is 70.1 Å². The summed E-state index contributed by atoms with van der Waals surface area (Å²) in [6, 6.07) is 17.2. The number of benzene rings is 2. The van der Waals surface area contributed by atoms with Crippen molar-refractivity contribution in [2.75, 3.05) is 43.1 Å². The molecule has 0 unspecified atom stereocenters. The maximum absolute atomic E-state index is 12.9. The van der Waals surface area contributed by atoms with Crippen LogP contribution >= 0.6 is 22.9 Å². The highest BCUT2D eigenvalue weighted by atomic mass is 35.5. The van der Waals surface area contributed by atoms with Crippen LogP contribution in [0.15, 0.2) is 54.6 Å². The molecule has 166 valence electrons. The van der Waals surface area contributed by atoms with Gasteiger partial charge in [0.15, 0.2) is 0 Å². The SMILES string of the molecule is Cc1c(Cl)cccc1NC(=O)CNC(=O)c1cc(-c2ccccc2)c(N2CCOCC2)s1. The highest BCUT2D eigenvalue weighted by Crippen LogP contribution is 2.39. The second-order valence-corrected chi connectivity index (χ2v) is 8.88. The largest absolute Gasteiger partial charge is 0.378 e. The topological polar surface area (TPSA) is 70.7 Å². The van der Waals surface area contributed by atoms with E-state index in [-0.39, 0.29) is 18.4 Å². The van der Waals surface area contributed by atoms with E-state index in [0.29, 0.717) is 28.8 Å². The van der Waals surface area contributed by atoms with Gasteiger partial charge in [0.25, 0.3) is 5.91 Å². The van der Waals surface area contributed by atoms with Crippen molar-refractivity contribution >= 4 is 45.4 Å². The average molecular weight is 470 g/mol. The first-order valence-corrected chi connectivity index (χ1v) is 11.6. The van der Waals surface area contributed by atoms with Gasteiger partial charge in [-0.15, -0.1) is 11.3 Å². The van der Waals surface area contributed by atoms with E-state index in [1.54, 1.807) is 18.2 Å². The molecule has 1 saturated heterocycles. The second-order valence-electron chi connectivity index (χ2n) is 7.44. The van der Waals surface area contributed by atoms with E-state index < -0.39 is 0 Å². The fourth-order valence-electron chi connectivity index (χ4n) is 3.50. The van der Waals surface area contributed by atoms with Crippen LogP contribution in [0.1, 0.15) is 15.2 Å². The van der Waals surface area contributed by atoms with Gasteiger partial charge in [0.2, 0.25) is 5.91 Å². The Kier molecular flexibility index (Phi) is 7.09. The number of rotatable bonds is 6. The Morgan fingerprint density at radius 3 is 2.59 bits per heavy atom. The van der Waals surface area contributed by atoms with Gasteiger partial charge in [-0.1, -0.05) is 48.0 Å². The van der Waals surface area contributed by atoms with E-state index in [2.05, 4.69) is 15.5 Å². The molecule has 2 N–H and O–H groups in total. The van der Waals surface area contributed by atoms with Crippen LogP contribution in [-0.2, 0) is 9.53 Å². The van der Waals surface area contributed by atoms with Crippen LogP contribution in [-0.4, -0.2) is 44.7 Å². The monoisotopic (exact) mass is 469 g/mol. The molecule has 1 aliphatic heterocycles. The minimum absolute atomic E-state index is 0.129. The normalized spacial score (nSPS) is 13.6. The van der Waals surface area contributed by atoms with E-state index in [1.807, 2.05) is 43.3 Å². The molecular weight excluding hydrogens is 446 g/mol. The van der Waals surface area contributed by atoms with Crippen molar-refractivity contribution in [2.45, 2.75) is 6.92 Å². The summed E-state index contributed by atoms with van der Waals surface area (Å²) in [4.78, 5) is 28.0. The van der Waals surface area contributed by atoms with Crippen LogP contribution in [0.25, 0.3) is 11.1 Å². The maximum atomic E-state index is 12.9. The lowest BCUT2D eigenvalue weighted by Gasteiger charge is -2.28. The van der Waals surface area contributed by atoms with Crippen LogP contribution in [0.2, 0.25) is 5.02 Å². The van der Waals surface area contributed by atoms with Crippen LogP contribution < -0.4 is 15.5 Å². The first-order chi connectivity index (χ1) is 15.5. The summed E-state index contributed by atoms with van der Waals surface area (Å²) in [6.07, 6.45) is 0. The zero-order chi connectivity index (χ0) is 22.5. The third-order valence-corrected chi connectivity index (χ3v) is 6.87. The molecule has 0 spiro atoms. The van der Waals surface area contributed by atoms with Crippen LogP contribution in [0.3, 0.4) is 0 Å². The number of thiophene rings is 1. The standard InChI is InChI=1S/C24H24ClN3O3S/c1-16-19(25)8-5-9-20(16)27-22(29)15-26-23(30)21-14-18(17-6-3-2-4-7-17)24(32-21)28-10-12-31-13-11-28/h2-9,14H,10-13,15H2,1H3,(H,26,30)(H,27,29). The van der Waals surface area contributed by atoms with Crippen molar-refractivity contribution in [1.29, 1.82) is 0 Å². The molecule has 1 aromatic heterocycles. The molecular formula is C24H24ClN3O3S. The predicted octanol–water partition coefficient (Wildman–Crippen LogP) is 4.58. The van der Waals surface area contributed by atoms with Crippen molar-refractivity contribution < 1.29 is 14.3 Å². The fourth-order valence-corrected chi connectivity index (χ4v) is 4.83. The van der Waals surface area contributed by atoms with Gasteiger partial charge in [-0.25, -0.2) is 0 Å². The first-order valence-electron chi connectivity index (χ1n) is 10.4. The lowest BCUT2D eigenvalue weighted by Crippen LogP contribution is -2.36. The fraction of sp³-hybridized carbons (Fsp3) is 0.250. The smallest absolute Gasteiger partial charge is 0.261 e. The minimum Gasteiger partial charge on any atom is -0.378 e. The van der Waals surface area contributed by atoms with Crippen molar-refractivity contribution in [1.82, 2.24) is 5.32 Å². The summed E-state index contributed by atoms with van der Waals surface area (Å²) in [7, 11) is 0. The second kappa shape index (κ2) is 10.2. The molecule has 1 aliphatic rings. The first kappa shape index (κ1) is 22.3. The minimum atomic E-state index is -0.308. The summed E-state index contributed by atoms with van der Waals surface area (Å²) >= 11 is 7.54. The Bertz CT molecular complexity index is 1110. The van der Waals surface area contributed by atoms with Crippen LogP contribution in [0.4, 0.5) is 10.7 Å². The van der Waals surface area contributed by atoms with Crippen LogP contribution in [0.5, 0.6) is 0 Å². The van der Waals surface area contributed by atoms with Gasteiger partial charge < -0.3 is 20.3 Å². The highest BCUT2D eigenvalue weighted by Gasteiger charge is 2.22. The number of carbonyl (C=O) groups is 2. The number of hydrogen-bond acceptors (Lipinski definition) is 5. The maximum Gasteiger partial charge on any atom is 0.261 e. The number of nitrogens with zero attached hydrogens (tertiary/aromatic N) is 1. The Balaban J connectivity index is 1.48. The summed E-state index contributed by atoms with van der Waals surface area (Å²) in [5, 5.41) is 7.15. The molecule has 0 bridgehead atoms. The molecule has 0 saturated carbocycles. The van der Waals surface area contributed by atoms with Gasteiger partial charge in [-0.2, -0.15) is 0 Å². The Morgan fingerprint density at radius 1 is 1.09 bits per heavy atom. The van der Waals surface area contributed by atoms with Gasteiger partial charge >= 0.3 is 0 Å². The number of morpholine rings is 1. The number of halogens is 1. The van der Waals surface area contributed by atoms with Gasteiger partial charge in [-0.05, 0) is 36.2 Å². The summed E-state index contributed by atoms with van der Waals surface area (Å²) < 4.78 is 5.48. The Labute approximate surface area is 196 Å². The zero-order valence-electron chi connectivity index (χ0n) is 17.7. The van der Waals surface area contributed by atoms with E-state index in [9.17, 15) is 9.59 Å². The van der Waals surface area contributed by atoms with Crippen molar-refractivity contribution in [3.63, 3.8) is 0 Å². The number of carbonyl (C=O) groups excluding carboxylic acids is 2. The molecule has 1 fully saturated rings. The molecule has 0 aliphatic carbocycles. The molecule has 8 heteroatoms. The highest BCUT2D eigenvalue weighted by molar-refractivity contribution is 7.18. The number of amides is 2. The van der Waals surface area contributed by atoms with E-state index >= 15 is 0 Å². The molecule has 3 aromatic rings. The van der Waals surface area contributed by atoms with Gasteiger partial charge in [-0.3, -0.25) is 9.59 Å². The molecule has 4 rings (SSSR count). The van der Waals surface area contributed by atoms with E-state index in [0.717, 1.165) is 34.8 Å². The third kappa shape index (κ3) is 5.12. The molecule has 2 amide bonds. The van der Waals surface area contributed by atoms with Crippen molar-refractivity contribution in [3.8, 4) is 11.1 Å². The van der Waals surface area contributed by atoms with Crippen LogP contribution in [0, 0.1) is 6.92 Å². The van der Waals surface area contributed by atoms with Crippen molar-refractivity contribution in [2.24, 2.45) is 0 Å². The lowest BCUT2D eigenvalue weighted by molar-refractivity contribution is -0.115. The number of anilines is 2. The van der Waals surface area contributed by atoms with E-state index in [4.69, 9.17) is 16.3 Å². The predicted molar refractivity (Wildman–Crippen MR) is 130 cm³/mol. The average Bonchev–Trinajstić information content (AvgIpc) is 3.27.